The van der Waals surface area contributed by atoms with E-state index in [9.17, 15) is 19.8 Å². The van der Waals surface area contributed by atoms with Crippen molar-refractivity contribution in [3.63, 3.8) is 0 Å². The Morgan fingerprint density at radius 3 is 0.729 bits per heavy atom. The molecule has 0 rings (SSSR count). The maximum absolute atomic E-state index is 10.7. The third kappa shape index (κ3) is 54.6. The molecule has 6 nitrogen and oxygen atoms in total. The van der Waals surface area contributed by atoms with E-state index in [1.807, 2.05) is 6.92 Å². The highest BCUT2D eigenvalue weighted by Crippen LogP contribution is 2.15. The molecule has 0 fully saturated rings. The van der Waals surface area contributed by atoms with Crippen LogP contribution in [-0.2, 0) is 9.59 Å². The van der Waals surface area contributed by atoms with Crippen LogP contribution in [0.3, 0.4) is 0 Å². The van der Waals surface area contributed by atoms with Gasteiger partial charge in [0.2, 0.25) is 0 Å². The van der Waals surface area contributed by atoms with Gasteiger partial charge in [-0.3, -0.25) is 11.5 Å². The SMILES string of the molecule is CCCC([O-])([O-])CC.CCCCCCCCCCCCCCCCCC([NH3+])=O.CCCCCCCCCCCCCCCCCC([NH3+])=O. The fourth-order valence-corrected chi connectivity index (χ4v) is 5.94. The Labute approximate surface area is 300 Å². The van der Waals surface area contributed by atoms with Crippen LogP contribution in [0.4, 0.5) is 0 Å². The molecule has 6 N–H and O–H groups in total. The Morgan fingerprint density at radius 1 is 0.375 bits per heavy atom. The van der Waals surface area contributed by atoms with E-state index >= 15 is 0 Å². The zero-order valence-electron chi connectivity index (χ0n) is 33.3. The van der Waals surface area contributed by atoms with E-state index in [-0.39, 0.29) is 24.7 Å². The van der Waals surface area contributed by atoms with Gasteiger partial charge in [-0.1, -0.05) is 227 Å². The van der Waals surface area contributed by atoms with Gasteiger partial charge in [0, 0.05) is 0 Å². The van der Waals surface area contributed by atoms with E-state index in [0.29, 0.717) is 19.3 Å². The van der Waals surface area contributed by atoms with Crippen LogP contribution in [0.25, 0.3) is 0 Å². The predicted octanol–water partition coefficient (Wildman–Crippen LogP) is 9.65. The van der Waals surface area contributed by atoms with Gasteiger partial charge in [0.15, 0.2) is 0 Å². The molecule has 0 aromatic heterocycles. The van der Waals surface area contributed by atoms with E-state index in [1.165, 1.54) is 180 Å². The Bertz CT molecular complexity index is 583. The number of unbranched alkanes of at least 4 members (excludes halogenated alkanes) is 28. The average molecular weight is 685 g/mol. The monoisotopic (exact) mass is 685 g/mol. The molecule has 0 atom stereocenters. The molecule has 0 bridgehead atoms. The highest BCUT2D eigenvalue weighted by Gasteiger charge is 1.99. The molecular formula is C42H88N2O4. The molecular weight excluding hydrogens is 596 g/mol. The van der Waals surface area contributed by atoms with Crippen molar-refractivity contribution in [1.29, 1.82) is 0 Å². The van der Waals surface area contributed by atoms with Crippen LogP contribution in [0.2, 0.25) is 0 Å². The lowest BCUT2D eigenvalue weighted by atomic mass is 10.0. The van der Waals surface area contributed by atoms with Crippen LogP contribution >= 0.6 is 0 Å². The van der Waals surface area contributed by atoms with E-state index < -0.39 is 5.79 Å². The van der Waals surface area contributed by atoms with Crippen molar-refractivity contribution < 1.29 is 31.3 Å². The summed E-state index contributed by atoms with van der Waals surface area (Å²) in [6.45, 7) is 8.04. The van der Waals surface area contributed by atoms with E-state index in [2.05, 4.69) is 25.3 Å². The number of hydrogen-bond donors (Lipinski definition) is 2. The molecule has 0 aliphatic heterocycles. The second-order valence-corrected chi connectivity index (χ2v) is 14.5. The number of carbonyl (C=O) groups excluding carboxylic acids is 2. The Hall–Kier alpha value is -0.820. The summed E-state index contributed by atoms with van der Waals surface area (Å²) in [4.78, 5) is 21.3. The Morgan fingerprint density at radius 2 is 0.583 bits per heavy atom. The van der Waals surface area contributed by atoms with Gasteiger partial charge in [-0.2, -0.15) is 0 Å². The van der Waals surface area contributed by atoms with Crippen LogP contribution in [0.5, 0.6) is 0 Å². The van der Waals surface area contributed by atoms with Gasteiger partial charge in [-0.25, -0.2) is 15.4 Å². The summed E-state index contributed by atoms with van der Waals surface area (Å²) in [7, 11) is 0. The fourth-order valence-electron chi connectivity index (χ4n) is 5.94. The van der Waals surface area contributed by atoms with E-state index in [4.69, 9.17) is 0 Å². The summed E-state index contributed by atoms with van der Waals surface area (Å²) < 4.78 is 0. The lowest BCUT2D eigenvalue weighted by Gasteiger charge is -2.48. The lowest BCUT2D eigenvalue weighted by Crippen LogP contribution is -2.56. The number of rotatable bonds is 35. The van der Waals surface area contributed by atoms with Crippen molar-refractivity contribution in [1.82, 2.24) is 0 Å². The summed E-state index contributed by atoms with van der Waals surface area (Å²) in [6, 6.07) is 0. The van der Waals surface area contributed by atoms with Crippen molar-refractivity contribution in [2.45, 2.75) is 258 Å². The molecule has 0 aromatic carbocycles. The first-order valence-corrected chi connectivity index (χ1v) is 21.3. The minimum Gasteiger partial charge on any atom is -0.863 e. The van der Waals surface area contributed by atoms with Crippen molar-refractivity contribution in [3.05, 3.63) is 0 Å². The van der Waals surface area contributed by atoms with Crippen molar-refractivity contribution >= 4 is 11.8 Å². The predicted molar refractivity (Wildman–Crippen MR) is 203 cm³/mol. The van der Waals surface area contributed by atoms with Crippen LogP contribution in [-0.4, -0.2) is 17.6 Å². The largest absolute Gasteiger partial charge is 0.863 e. The zero-order valence-corrected chi connectivity index (χ0v) is 33.3. The smallest absolute Gasteiger partial charge is 0.308 e. The third-order valence-corrected chi connectivity index (χ3v) is 9.29. The second-order valence-electron chi connectivity index (χ2n) is 14.5. The number of amides is 2. The van der Waals surface area contributed by atoms with Crippen molar-refractivity contribution in [2.75, 3.05) is 0 Å². The van der Waals surface area contributed by atoms with Gasteiger partial charge < -0.3 is 10.2 Å². The van der Waals surface area contributed by atoms with E-state index in [1.54, 1.807) is 6.92 Å². The van der Waals surface area contributed by atoms with Crippen LogP contribution in [0, 0.1) is 0 Å². The molecule has 290 valence electrons. The highest BCUT2D eigenvalue weighted by atomic mass is 16.5. The highest BCUT2D eigenvalue weighted by molar-refractivity contribution is 5.64. The van der Waals surface area contributed by atoms with Crippen LogP contribution in [0.15, 0.2) is 0 Å². The molecule has 48 heavy (non-hydrogen) atoms. The number of hydrogen-bond acceptors (Lipinski definition) is 4. The maximum atomic E-state index is 10.7. The maximum Gasteiger partial charge on any atom is 0.308 e. The first-order chi connectivity index (χ1) is 23.2. The van der Waals surface area contributed by atoms with Gasteiger partial charge in [0.25, 0.3) is 0 Å². The number of quaternary nitrogens is 2. The topological polar surface area (TPSA) is 136 Å². The van der Waals surface area contributed by atoms with Gasteiger partial charge in [-0.05, 0) is 12.8 Å². The summed E-state index contributed by atoms with van der Waals surface area (Å²) in [5, 5.41) is 21.0. The lowest BCUT2D eigenvalue weighted by molar-refractivity contribution is -0.722. The van der Waals surface area contributed by atoms with Crippen molar-refractivity contribution in [3.8, 4) is 0 Å². The van der Waals surface area contributed by atoms with Gasteiger partial charge in [0.05, 0.1) is 12.8 Å². The molecule has 0 aliphatic carbocycles. The van der Waals surface area contributed by atoms with Gasteiger partial charge in [0.1, 0.15) is 0 Å². The molecule has 2 amide bonds. The summed E-state index contributed by atoms with van der Waals surface area (Å²) in [5.41, 5.74) is 6.81. The molecule has 0 saturated heterocycles. The zero-order chi connectivity index (χ0) is 36.4. The van der Waals surface area contributed by atoms with E-state index in [0.717, 1.165) is 12.8 Å². The number of carbonyl (C=O) groups is 2. The molecule has 0 radical (unpaired) electrons. The molecule has 0 spiro atoms. The second kappa shape index (κ2) is 44.2. The van der Waals surface area contributed by atoms with Crippen LogP contribution in [0.1, 0.15) is 252 Å². The average Bonchev–Trinajstić information content (AvgIpc) is 3.05. The molecule has 0 saturated carbocycles. The van der Waals surface area contributed by atoms with Crippen LogP contribution < -0.4 is 21.7 Å². The molecule has 0 aromatic rings. The Kier molecular flexibility index (Phi) is 47.5. The summed E-state index contributed by atoms with van der Waals surface area (Å²) in [5.74, 6) is -1.71. The third-order valence-electron chi connectivity index (χ3n) is 9.29. The van der Waals surface area contributed by atoms with Gasteiger partial charge in [-0.15, -0.1) is 0 Å². The molecule has 6 heteroatoms. The van der Waals surface area contributed by atoms with Crippen molar-refractivity contribution in [2.24, 2.45) is 0 Å². The fraction of sp³-hybridized carbons (Fsp3) is 0.952. The summed E-state index contributed by atoms with van der Waals surface area (Å²) >= 11 is 0. The normalized spacial score (nSPS) is 11.1. The first kappa shape index (κ1) is 51.5. The van der Waals surface area contributed by atoms with Gasteiger partial charge >= 0.3 is 11.8 Å². The molecule has 0 aliphatic rings. The quantitative estimate of drug-likeness (QED) is 0.0507. The Balaban J connectivity index is -0.000000689. The molecule has 0 heterocycles. The standard InChI is InChI=1S/2C18H37NO.C6H12O2/c2*1-2-3-4-5-6-7-8-9-10-11-12-13-14-15-16-17-18(19)20;1-3-5-6(7,8)4-2/h2*2-17H2,1H3,(H2,19,20);3-5H2,1-2H3/q;;-2/p+2. The minimum atomic E-state index is -1.91. The summed E-state index contributed by atoms with van der Waals surface area (Å²) in [6.07, 6.45) is 43.6. The molecule has 0 unspecified atom stereocenters. The first-order valence-electron chi connectivity index (χ1n) is 21.3. The minimum absolute atomic E-state index is 0.0969.